The lowest BCUT2D eigenvalue weighted by Crippen LogP contribution is -2.47. The van der Waals surface area contributed by atoms with E-state index in [2.05, 4.69) is 10.0 Å². The van der Waals surface area contributed by atoms with Gasteiger partial charge in [-0.2, -0.15) is 11.8 Å². The van der Waals surface area contributed by atoms with Gasteiger partial charge in [-0.05, 0) is 38.7 Å². The number of hydrogen-bond donors (Lipinski definition) is 2. The lowest BCUT2D eigenvalue weighted by atomic mass is 10.2. The van der Waals surface area contributed by atoms with Crippen molar-refractivity contribution in [2.75, 3.05) is 24.3 Å². The van der Waals surface area contributed by atoms with Gasteiger partial charge < -0.3 is 5.32 Å². The first kappa shape index (κ1) is 18.5. The summed E-state index contributed by atoms with van der Waals surface area (Å²) in [5.74, 6) is 0.462. The van der Waals surface area contributed by atoms with Crippen molar-refractivity contribution in [3.63, 3.8) is 0 Å². The van der Waals surface area contributed by atoms with Crippen molar-refractivity contribution in [1.82, 2.24) is 10.0 Å². The second-order valence-corrected chi connectivity index (χ2v) is 7.03. The van der Waals surface area contributed by atoms with Crippen LogP contribution in [0.5, 0.6) is 0 Å². The highest BCUT2D eigenvalue weighted by atomic mass is 32.2. The average molecular weight is 308 g/mol. The highest BCUT2D eigenvalue weighted by molar-refractivity contribution is 7.98. The Hall–Kier alpha value is -0.530. The molecule has 0 aliphatic carbocycles. The molecule has 0 aromatic heterocycles. The van der Waals surface area contributed by atoms with Crippen molar-refractivity contribution in [1.29, 1.82) is 0 Å². The van der Waals surface area contributed by atoms with Gasteiger partial charge in [0.25, 0.3) is 0 Å². The number of hydrogen-bond acceptors (Lipinski definition) is 4. The molecule has 5 nitrogen and oxygen atoms in total. The third-order valence-corrected chi connectivity index (χ3v) is 4.52. The fourth-order valence-electron chi connectivity index (χ4n) is 1.35. The highest BCUT2D eigenvalue weighted by Crippen LogP contribution is 2.03. The van der Waals surface area contributed by atoms with E-state index >= 15 is 0 Å². The van der Waals surface area contributed by atoms with Gasteiger partial charge in [-0.15, -0.1) is 0 Å². The summed E-state index contributed by atoms with van der Waals surface area (Å²) >= 11 is 1.59. The molecule has 0 saturated carbocycles. The number of allylic oxidation sites excluding steroid dienone is 1. The third kappa shape index (κ3) is 9.07. The molecule has 7 heteroatoms. The van der Waals surface area contributed by atoms with Crippen molar-refractivity contribution >= 4 is 27.7 Å². The van der Waals surface area contributed by atoms with Gasteiger partial charge >= 0.3 is 0 Å². The summed E-state index contributed by atoms with van der Waals surface area (Å²) in [6.45, 7) is 3.99. The normalized spacial score (nSPS) is 13.6. The molecule has 0 rings (SSSR count). The Balaban J connectivity index is 4.43. The number of carbonyl (C=O) groups excluding carboxylic acids is 1. The van der Waals surface area contributed by atoms with E-state index in [-0.39, 0.29) is 11.7 Å². The van der Waals surface area contributed by atoms with Crippen molar-refractivity contribution in [3.8, 4) is 0 Å². The van der Waals surface area contributed by atoms with E-state index in [0.717, 1.165) is 12.2 Å². The van der Waals surface area contributed by atoms with Crippen LogP contribution in [0.25, 0.3) is 0 Å². The zero-order valence-corrected chi connectivity index (χ0v) is 13.4. The molecule has 1 atom stereocenters. The molecule has 112 valence electrons. The summed E-state index contributed by atoms with van der Waals surface area (Å²) in [5.41, 5.74) is 0. The fourth-order valence-corrected chi connectivity index (χ4v) is 2.64. The van der Waals surface area contributed by atoms with Crippen LogP contribution in [0.2, 0.25) is 0 Å². The Labute approximate surface area is 120 Å². The van der Waals surface area contributed by atoms with E-state index < -0.39 is 16.1 Å². The van der Waals surface area contributed by atoms with Crippen LogP contribution in [0.3, 0.4) is 0 Å². The Morgan fingerprint density at radius 3 is 2.63 bits per heavy atom. The predicted octanol–water partition coefficient (Wildman–Crippen LogP) is 1.13. The molecule has 0 aromatic rings. The van der Waals surface area contributed by atoms with E-state index in [1.165, 1.54) is 0 Å². The second-order valence-electron chi connectivity index (χ2n) is 4.00. The molecule has 0 saturated heterocycles. The lowest BCUT2D eigenvalue weighted by molar-refractivity contribution is -0.122. The minimum Gasteiger partial charge on any atom is -0.354 e. The van der Waals surface area contributed by atoms with Gasteiger partial charge in [-0.1, -0.05) is 12.2 Å². The number of carbonyl (C=O) groups is 1. The largest absolute Gasteiger partial charge is 0.354 e. The fraction of sp³-hybridized carbons (Fsp3) is 0.750. The van der Waals surface area contributed by atoms with Crippen LogP contribution in [0.4, 0.5) is 0 Å². The number of thioether (sulfide) groups is 1. The first-order valence-electron chi connectivity index (χ1n) is 6.34. The minimum absolute atomic E-state index is 0.0192. The SMILES string of the molecule is C/C=C/CCNC(=O)C(CCSC)NS(=O)(=O)CC. The maximum Gasteiger partial charge on any atom is 0.238 e. The highest BCUT2D eigenvalue weighted by Gasteiger charge is 2.22. The summed E-state index contributed by atoms with van der Waals surface area (Å²) < 4.78 is 25.5. The Kier molecular flexibility index (Phi) is 9.99. The predicted molar refractivity (Wildman–Crippen MR) is 81.8 cm³/mol. The molecule has 0 aliphatic heterocycles. The van der Waals surface area contributed by atoms with Gasteiger partial charge in [0.2, 0.25) is 15.9 Å². The zero-order chi connectivity index (χ0) is 14.7. The molecule has 0 aliphatic rings. The van der Waals surface area contributed by atoms with Gasteiger partial charge in [0, 0.05) is 6.54 Å². The minimum atomic E-state index is -3.36. The molecule has 1 amide bonds. The monoisotopic (exact) mass is 308 g/mol. The first-order chi connectivity index (χ1) is 8.96. The van der Waals surface area contributed by atoms with Crippen LogP contribution in [0.15, 0.2) is 12.2 Å². The van der Waals surface area contributed by atoms with Crippen molar-refractivity contribution in [3.05, 3.63) is 12.2 Å². The van der Waals surface area contributed by atoms with Crippen LogP contribution in [-0.2, 0) is 14.8 Å². The van der Waals surface area contributed by atoms with E-state index in [9.17, 15) is 13.2 Å². The van der Waals surface area contributed by atoms with E-state index in [0.29, 0.717) is 13.0 Å². The molecule has 0 spiro atoms. The maximum atomic E-state index is 11.9. The van der Waals surface area contributed by atoms with Gasteiger partial charge in [-0.3, -0.25) is 4.79 Å². The van der Waals surface area contributed by atoms with Crippen LogP contribution >= 0.6 is 11.8 Å². The molecule has 19 heavy (non-hydrogen) atoms. The molecule has 0 radical (unpaired) electrons. The molecule has 0 fully saturated rings. The first-order valence-corrected chi connectivity index (χ1v) is 9.39. The molecular formula is C12H24N2O3S2. The molecule has 2 N–H and O–H groups in total. The Bertz CT molecular complexity index is 380. The van der Waals surface area contributed by atoms with Crippen molar-refractivity contribution < 1.29 is 13.2 Å². The number of nitrogens with one attached hydrogen (secondary N) is 2. The van der Waals surface area contributed by atoms with Gasteiger partial charge in [0.05, 0.1) is 5.75 Å². The number of amides is 1. The van der Waals surface area contributed by atoms with Crippen molar-refractivity contribution in [2.45, 2.75) is 32.7 Å². The van der Waals surface area contributed by atoms with E-state index in [1.54, 1.807) is 18.7 Å². The van der Waals surface area contributed by atoms with Gasteiger partial charge in [0.15, 0.2) is 0 Å². The van der Waals surface area contributed by atoms with Crippen LogP contribution in [0, 0.1) is 0 Å². The molecule has 1 unspecified atom stereocenters. The molecule has 0 bridgehead atoms. The maximum absolute atomic E-state index is 11.9. The molecular weight excluding hydrogens is 284 g/mol. The van der Waals surface area contributed by atoms with Gasteiger partial charge in [0.1, 0.15) is 6.04 Å². The van der Waals surface area contributed by atoms with Crippen molar-refractivity contribution in [2.24, 2.45) is 0 Å². The van der Waals surface area contributed by atoms with Crippen LogP contribution < -0.4 is 10.0 Å². The standard InChI is InChI=1S/C12H24N2O3S2/c1-4-6-7-9-13-12(15)11(8-10-18-3)14-19(16,17)5-2/h4,6,11,14H,5,7-10H2,1-3H3,(H,13,15)/b6-4+. The van der Waals surface area contributed by atoms with E-state index in [1.807, 2.05) is 25.3 Å². The summed E-state index contributed by atoms with van der Waals surface area (Å²) in [6, 6.07) is -0.678. The summed E-state index contributed by atoms with van der Waals surface area (Å²) in [5, 5.41) is 2.75. The number of sulfonamides is 1. The number of rotatable bonds is 10. The second kappa shape index (κ2) is 10.3. The van der Waals surface area contributed by atoms with Crippen LogP contribution in [0.1, 0.15) is 26.7 Å². The van der Waals surface area contributed by atoms with Gasteiger partial charge in [-0.25, -0.2) is 13.1 Å². The average Bonchev–Trinajstić information content (AvgIpc) is 2.39. The Morgan fingerprint density at radius 2 is 2.11 bits per heavy atom. The topological polar surface area (TPSA) is 75.3 Å². The summed E-state index contributed by atoms with van der Waals surface area (Å²) in [7, 11) is -3.36. The third-order valence-electron chi connectivity index (χ3n) is 2.47. The Morgan fingerprint density at radius 1 is 1.42 bits per heavy atom. The van der Waals surface area contributed by atoms with Crippen LogP contribution in [-0.4, -0.2) is 44.7 Å². The smallest absolute Gasteiger partial charge is 0.238 e. The molecule has 0 heterocycles. The zero-order valence-electron chi connectivity index (χ0n) is 11.8. The quantitative estimate of drug-likeness (QED) is 0.468. The summed E-state index contributed by atoms with van der Waals surface area (Å²) in [6.07, 6.45) is 7.04. The van der Waals surface area contributed by atoms with E-state index in [4.69, 9.17) is 0 Å². The summed E-state index contributed by atoms with van der Waals surface area (Å²) in [4.78, 5) is 11.9. The lowest BCUT2D eigenvalue weighted by Gasteiger charge is -2.17. The molecule has 0 aromatic carbocycles.